The highest BCUT2D eigenvalue weighted by atomic mass is 16.5. The Morgan fingerprint density at radius 2 is 2.21 bits per heavy atom. The van der Waals surface area contributed by atoms with Gasteiger partial charge in [0.2, 0.25) is 5.95 Å². The molecule has 2 heterocycles. The standard InChI is InChI=1S/C12H20N6O/c1-3-4-6-19-7-5-14-10-9-11(16-8-15-9)18-12(13-2)17-10/h8H,3-7H2,1-2H3,(H3,13,14,15,16,17,18). The predicted octanol–water partition coefficient (Wildman–Crippen LogP) is 1.62. The number of ether oxygens (including phenoxy) is 1. The first-order valence-electron chi connectivity index (χ1n) is 6.55. The van der Waals surface area contributed by atoms with Crippen molar-refractivity contribution in [3.05, 3.63) is 6.33 Å². The van der Waals surface area contributed by atoms with Crippen molar-refractivity contribution < 1.29 is 4.74 Å². The average molecular weight is 264 g/mol. The molecule has 0 aliphatic carbocycles. The smallest absolute Gasteiger partial charge is 0.226 e. The lowest BCUT2D eigenvalue weighted by molar-refractivity contribution is 0.141. The lowest BCUT2D eigenvalue weighted by Crippen LogP contribution is -2.12. The van der Waals surface area contributed by atoms with E-state index in [1.165, 1.54) is 0 Å². The second kappa shape index (κ2) is 6.89. The van der Waals surface area contributed by atoms with Crippen molar-refractivity contribution in [2.75, 3.05) is 37.4 Å². The second-order valence-corrected chi connectivity index (χ2v) is 4.14. The molecule has 0 aliphatic rings. The fourth-order valence-electron chi connectivity index (χ4n) is 1.66. The molecule has 0 saturated carbocycles. The van der Waals surface area contributed by atoms with Crippen LogP contribution in [-0.2, 0) is 4.74 Å². The van der Waals surface area contributed by atoms with E-state index in [0.29, 0.717) is 24.7 Å². The van der Waals surface area contributed by atoms with E-state index in [9.17, 15) is 0 Å². The summed E-state index contributed by atoms with van der Waals surface area (Å²) in [6.45, 7) is 4.33. The van der Waals surface area contributed by atoms with Crippen LogP contribution in [0.3, 0.4) is 0 Å². The quantitative estimate of drug-likeness (QED) is 0.628. The van der Waals surface area contributed by atoms with Gasteiger partial charge < -0.3 is 20.4 Å². The summed E-state index contributed by atoms with van der Waals surface area (Å²) < 4.78 is 5.50. The number of aromatic nitrogens is 4. The number of imidazole rings is 1. The second-order valence-electron chi connectivity index (χ2n) is 4.14. The number of anilines is 2. The minimum atomic E-state index is 0.550. The normalized spacial score (nSPS) is 10.8. The molecular weight excluding hydrogens is 244 g/mol. The number of nitrogens with one attached hydrogen (secondary N) is 3. The number of H-pyrrole nitrogens is 1. The Labute approximate surface area is 112 Å². The lowest BCUT2D eigenvalue weighted by atomic mass is 10.4. The third kappa shape index (κ3) is 3.54. The molecule has 104 valence electrons. The molecule has 2 aromatic heterocycles. The highest BCUT2D eigenvalue weighted by Gasteiger charge is 2.08. The molecule has 2 rings (SSSR count). The molecule has 7 nitrogen and oxygen atoms in total. The molecule has 0 bridgehead atoms. The zero-order valence-corrected chi connectivity index (χ0v) is 11.4. The Morgan fingerprint density at radius 3 is 3.00 bits per heavy atom. The van der Waals surface area contributed by atoms with E-state index in [1.807, 2.05) is 0 Å². The highest BCUT2D eigenvalue weighted by Crippen LogP contribution is 2.17. The number of aromatic amines is 1. The van der Waals surface area contributed by atoms with E-state index in [2.05, 4.69) is 37.5 Å². The summed E-state index contributed by atoms with van der Waals surface area (Å²) in [7, 11) is 1.78. The highest BCUT2D eigenvalue weighted by molar-refractivity contribution is 5.83. The Bertz CT molecular complexity index is 512. The van der Waals surface area contributed by atoms with Gasteiger partial charge in [0.05, 0.1) is 12.9 Å². The molecule has 7 heteroatoms. The van der Waals surface area contributed by atoms with Crippen molar-refractivity contribution in [2.24, 2.45) is 0 Å². The van der Waals surface area contributed by atoms with Crippen LogP contribution in [0.5, 0.6) is 0 Å². The van der Waals surface area contributed by atoms with Crippen molar-refractivity contribution >= 4 is 22.9 Å². The Kier molecular flexibility index (Phi) is 4.91. The molecule has 0 aliphatic heterocycles. The maximum Gasteiger partial charge on any atom is 0.226 e. The average Bonchev–Trinajstić information content (AvgIpc) is 2.90. The van der Waals surface area contributed by atoms with Crippen LogP contribution in [0.25, 0.3) is 11.2 Å². The van der Waals surface area contributed by atoms with Crippen LogP contribution in [0.1, 0.15) is 19.8 Å². The van der Waals surface area contributed by atoms with Crippen molar-refractivity contribution in [3.63, 3.8) is 0 Å². The monoisotopic (exact) mass is 264 g/mol. The number of nitrogens with zero attached hydrogens (tertiary/aromatic N) is 3. The van der Waals surface area contributed by atoms with Gasteiger partial charge in [0.25, 0.3) is 0 Å². The van der Waals surface area contributed by atoms with Gasteiger partial charge in [0.15, 0.2) is 11.5 Å². The number of unbranched alkanes of at least 4 members (excludes halogenated alkanes) is 1. The lowest BCUT2D eigenvalue weighted by Gasteiger charge is -2.08. The van der Waals surface area contributed by atoms with Crippen LogP contribution >= 0.6 is 0 Å². The van der Waals surface area contributed by atoms with Gasteiger partial charge in [0.1, 0.15) is 5.52 Å². The van der Waals surface area contributed by atoms with E-state index >= 15 is 0 Å². The van der Waals surface area contributed by atoms with Gasteiger partial charge >= 0.3 is 0 Å². The van der Waals surface area contributed by atoms with Gasteiger partial charge in [-0.15, -0.1) is 0 Å². The number of hydrogen-bond acceptors (Lipinski definition) is 6. The van der Waals surface area contributed by atoms with Crippen molar-refractivity contribution in [3.8, 4) is 0 Å². The van der Waals surface area contributed by atoms with Gasteiger partial charge in [-0.3, -0.25) is 0 Å². The van der Waals surface area contributed by atoms with Gasteiger partial charge in [-0.2, -0.15) is 9.97 Å². The predicted molar refractivity (Wildman–Crippen MR) is 75.4 cm³/mol. The SMILES string of the molecule is CCCCOCCNc1nc(NC)nc2nc[nH]c12. The molecule has 0 fully saturated rings. The molecule has 3 N–H and O–H groups in total. The van der Waals surface area contributed by atoms with Crippen LogP contribution in [0.15, 0.2) is 6.33 Å². The summed E-state index contributed by atoms with van der Waals surface area (Å²) in [4.78, 5) is 15.8. The number of rotatable bonds is 8. The van der Waals surface area contributed by atoms with Crippen molar-refractivity contribution in [2.45, 2.75) is 19.8 Å². The summed E-state index contributed by atoms with van der Waals surface area (Å²) in [5, 5.41) is 6.16. The summed E-state index contributed by atoms with van der Waals surface area (Å²) in [6, 6.07) is 0. The molecule has 0 unspecified atom stereocenters. The maximum absolute atomic E-state index is 5.50. The van der Waals surface area contributed by atoms with Gasteiger partial charge in [-0.1, -0.05) is 13.3 Å². The first kappa shape index (κ1) is 13.5. The fourth-order valence-corrected chi connectivity index (χ4v) is 1.66. The number of fused-ring (bicyclic) bond motifs is 1. The van der Waals surface area contributed by atoms with Crippen LogP contribution in [0.2, 0.25) is 0 Å². The minimum absolute atomic E-state index is 0.550. The topological polar surface area (TPSA) is 87.8 Å². The summed E-state index contributed by atoms with van der Waals surface area (Å²) in [6.07, 6.45) is 3.86. The minimum Gasteiger partial charge on any atom is -0.380 e. The molecule has 19 heavy (non-hydrogen) atoms. The van der Waals surface area contributed by atoms with E-state index in [1.54, 1.807) is 13.4 Å². The van der Waals surface area contributed by atoms with Crippen molar-refractivity contribution in [1.29, 1.82) is 0 Å². The zero-order chi connectivity index (χ0) is 13.5. The third-order valence-corrected chi connectivity index (χ3v) is 2.69. The maximum atomic E-state index is 5.50. The summed E-state index contributed by atoms with van der Waals surface area (Å²) in [5.41, 5.74) is 1.46. The van der Waals surface area contributed by atoms with Gasteiger partial charge in [0, 0.05) is 20.2 Å². The Hall–Kier alpha value is -1.89. The first-order valence-corrected chi connectivity index (χ1v) is 6.55. The van der Waals surface area contributed by atoms with Crippen molar-refractivity contribution in [1.82, 2.24) is 19.9 Å². The zero-order valence-electron chi connectivity index (χ0n) is 11.4. The van der Waals surface area contributed by atoms with Crippen LogP contribution in [0.4, 0.5) is 11.8 Å². The number of hydrogen-bond donors (Lipinski definition) is 3. The fraction of sp³-hybridized carbons (Fsp3) is 0.583. The largest absolute Gasteiger partial charge is 0.380 e. The van der Waals surface area contributed by atoms with E-state index in [-0.39, 0.29) is 0 Å². The van der Waals surface area contributed by atoms with Gasteiger partial charge in [-0.25, -0.2) is 4.98 Å². The van der Waals surface area contributed by atoms with Gasteiger partial charge in [-0.05, 0) is 6.42 Å². The molecule has 0 atom stereocenters. The molecule has 0 amide bonds. The van der Waals surface area contributed by atoms with E-state index in [0.717, 1.165) is 30.8 Å². The summed E-state index contributed by atoms with van der Waals surface area (Å²) in [5.74, 6) is 1.29. The van der Waals surface area contributed by atoms with E-state index in [4.69, 9.17) is 4.74 Å². The Morgan fingerprint density at radius 1 is 1.32 bits per heavy atom. The molecular formula is C12H20N6O. The van der Waals surface area contributed by atoms with Crippen LogP contribution in [-0.4, -0.2) is 46.7 Å². The molecule has 0 saturated heterocycles. The molecule has 0 aromatic carbocycles. The third-order valence-electron chi connectivity index (χ3n) is 2.69. The summed E-state index contributed by atoms with van der Waals surface area (Å²) >= 11 is 0. The Balaban J connectivity index is 1.93. The molecule has 0 spiro atoms. The molecule has 2 aromatic rings. The molecule has 0 radical (unpaired) electrons. The first-order chi connectivity index (χ1) is 9.35. The van der Waals surface area contributed by atoms with E-state index < -0.39 is 0 Å². The van der Waals surface area contributed by atoms with Crippen LogP contribution in [0, 0.1) is 0 Å². The van der Waals surface area contributed by atoms with Crippen LogP contribution < -0.4 is 10.6 Å².